The molecule has 2 aliphatic heterocycles. The van der Waals surface area contributed by atoms with Gasteiger partial charge in [-0.05, 0) is 91.9 Å². The fourth-order valence-corrected chi connectivity index (χ4v) is 7.27. The second kappa shape index (κ2) is 15.0. The highest BCUT2D eigenvalue weighted by Crippen LogP contribution is 2.23. The van der Waals surface area contributed by atoms with Gasteiger partial charge in [-0.15, -0.1) is 0 Å². The van der Waals surface area contributed by atoms with Crippen molar-refractivity contribution in [1.82, 2.24) is 25.4 Å². The first kappa shape index (κ1) is 31.3. The summed E-state index contributed by atoms with van der Waals surface area (Å²) in [4.78, 5) is 35.3. The van der Waals surface area contributed by atoms with Crippen LogP contribution in [0.3, 0.4) is 0 Å². The van der Waals surface area contributed by atoms with Crippen LogP contribution in [0.25, 0.3) is 10.9 Å². The van der Waals surface area contributed by atoms with Crippen LogP contribution in [0.2, 0.25) is 0 Å². The molecule has 0 radical (unpaired) electrons. The van der Waals surface area contributed by atoms with Crippen molar-refractivity contribution in [2.45, 2.75) is 97.2 Å². The third-order valence-electron chi connectivity index (χ3n) is 9.66. The van der Waals surface area contributed by atoms with E-state index in [1.165, 1.54) is 49.0 Å². The summed E-state index contributed by atoms with van der Waals surface area (Å²) in [5.74, 6) is -0.219. The van der Waals surface area contributed by atoms with Crippen LogP contribution in [0.15, 0.2) is 42.6 Å². The average molecular weight is 586 g/mol. The summed E-state index contributed by atoms with van der Waals surface area (Å²) in [5.41, 5.74) is 7.34. The second-order valence-electron chi connectivity index (χ2n) is 12.5. The van der Waals surface area contributed by atoms with E-state index < -0.39 is 6.04 Å². The highest BCUT2D eigenvalue weighted by Gasteiger charge is 2.28. The molecular weight excluding hydrogens is 534 g/mol. The number of benzene rings is 2. The maximum Gasteiger partial charge on any atom is 0.243 e. The molecule has 2 saturated heterocycles. The monoisotopic (exact) mass is 585 g/mol. The van der Waals surface area contributed by atoms with Crippen LogP contribution >= 0.6 is 0 Å². The standard InChI is InChI=1S/C36H51N5O2/c1-4-27-20-26(21-28(5-2)31(27)6-3)23-38-36(43)34(22-29-24-37-33-13-9-8-12-32(29)33)39-35(42)25-40-18-14-30(15-19-40)41-16-10-7-11-17-41/h8-9,12-13,20-21,24,30,34,37H,4-7,10-11,14-19,22-23,25H2,1-3H3,(H,38,43)(H,39,42). The normalized spacial score (nSPS) is 17.7. The molecule has 2 aliphatic rings. The molecule has 1 unspecified atom stereocenters. The topological polar surface area (TPSA) is 80.5 Å². The molecule has 3 N–H and O–H groups in total. The molecule has 0 saturated carbocycles. The highest BCUT2D eigenvalue weighted by molar-refractivity contribution is 5.90. The van der Waals surface area contributed by atoms with Crippen LogP contribution in [-0.4, -0.2) is 71.4 Å². The molecule has 7 heteroatoms. The first-order valence-corrected chi connectivity index (χ1v) is 16.7. The summed E-state index contributed by atoms with van der Waals surface area (Å²) >= 11 is 0. The maximum atomic E-state index is 13.7. The Kier molecular flexibility index (Phi) is 10.9. The molecule has 2 aromatic carbocycles. The predicted octanol–water partition coefficient (Wildman–Crippen LogP) is 5.15. The summed E-state index contributed by atoms with van der Waals surface area (Å²) in [5, 5.41) is 7.38. The van der Waals surface area contributed by atoms with Crippen molar-refractivity contribution in [2.75, 3.05) is 32.7 Å². The molecular formula is C36H51N5O2. The Morgan fingerprint density at radius 2 is 1.60 bits per heavy atom. The number of amides is 2. The number of likely N-dealkylation sites (tertiary alicyclic amines) is 2. The highest BCUT2D eigenvalue weighted by atomic mass is 16.2. The fourth-order valence-electron chi connectivity index (χ4n) is 7.27. The number of carbonyl (C=O) groups excluding carboxylic acids is 2. The number of nitrogens with zero attached hydrogens (tertiary/aromatic N) is 2. The van der Waals surface area contributed by atoms with E-state index >= 15 is 0 Å². The van der Waals surface area contributed by atoms with Crippen molar-refractivity contribution in [3.8, 4) is 0 Å². The largest absolute Gasteiger partial charge is 0.361 e. The van der Waals surface area contributed by atoms with E-state index in [4.69, 9.17) is 0 Å². The molecule has 3 aromatic rings. The van der Waals surface area contributed by atoms with Gasteiger partial charge in [-0.25, -0.2) is 0 Å². The quantitative estimate of drug-likeness (QED) is 0.275. The Morgan fingerprint density at radius 1 is 0.907 bits per heavy atom. The number of hydrogen-bond acceptors (Lipinski definition) is 4. The Hall–Kier alpha value is -3.16. The number of nitrogens with one attached hydrogen (secondary N) is 3. The van der Waals surface area contributed by atoms with Crippen LogP contribution < -0.4 is 10.6 Å². The minimum Gasteiger partial charge on any atom is -0.361 e. The minimum atomic E-state index is -0.649. The fraction of sp³-hybridized carbons (Fsp3) is 0.556. The third kappa shape index (κ3) is 7.87. The Bertz CT molecular complexity index is 1340. The SMILES string of the molecule is CCc1cc(CNC(=O)C(Cc2c[nH]c3ccccc23)NC(=O)CN2CCC(N3CCCCC3)CC2)cc(CC)c1CC. The number of carbonyl (C=O) groups is 2. The van der Waals surface area contributed by atoms with Gasteiger partial charge in [0.1, 0.15) is 6.04 Å². The number of H-pyrrole nitrogens is 1. The zero-order chi connectivity index (χ0) is 30.2. The molecule has 232 valence electrons. The molecule has 1 aromatic heterocycles. The van der Waals surface area contributed by atoms with E-state index in [9.17, 15) is 9.59 Å². The van der Waals surface area contributed by atoms with Gasteiger partial charge in [0, 0.05) is 49.2 Å². The number of aromatic amines is 1. The Labute approximate surface area is 257 Å². The van der Waals surface area contributed by atoms with Crippen LogP contribution in [0, 0.1) is 0 Å². The number of fused-ring (bicyclic) bond motifs is 1. The summed E-state index contributed by atoms with van der Waals surface area (Å²) in [6.07, 6.45) is 11.6. The van der Waals surface area contributed by atoms with Crippen molar-refractivity contribution in [3.05, 3.63) is 70.4 Å². The second-order valence-corrected chi connectivity index (χ2v) is 12.5. The van der Waals surface area contributed by atoms with Gasteiger partial charge < -0.3 is 20.5 Å². The third-order valence-corrected chi connectivity index (χ3v) is 9.66. The maximum absolute atomic E-state index is 13.7. The van der Waals surface area contributed by atoms with E-state index in [2.05, 4.69) is 64.4 Å². The van der Waals surface area contributed by atoms with Crippen molar-refractivity contribution >= 4 is 22.7 Å². The Morgan fingerprint density at radius 3 is 2.28 bits per heavy atom. The first-order valence-electron chi connectivity index (χ1n) is 16.7. The van der Waals surface area contributed by atoms with E-state index in [1.807, 2.05) is 24.4 Å². The van der Waals surface area contributed by atoms with Crippen molar-refractivity contribution in [3.63, 3.8) is 0 Å². The van der Waals surface area contributed by atoms with Gasteiger partial charge >= 0.3 is 0 Å². The number of rotatable bonds is 12. The van der Waals surface area contributed by atoms with Crippen molar-refractivity contribution in [1.29, 1.82) is 0 Å². The molecule has 2 fully saturated rings. The summed E-state index contributed by atoms with van der Waals surface area (Å²) in [7, 11) is 0. The summed E-state index contributed by atoms with van der Waals surface area (Å²) < 4.78 is 0. The molecule has 0 bridgehead atoms. The molecule has 7 nitrogen and oxygen atoms in total. The van der Waals surface area contributed by atoms with Gasteiger partial charge in [-0.1, -0.05) is 57.5 Å². The lowest BCUT2D eigenvalue weighted by Gasteiger charge is -2.40. The predicted molar refractivity (Wildman–Crippen MR) is 175 cm³/mol. The number of aryl methyl sites for hydroxylation is 2. The van der Waals surface area contributed by atoms with Crippen molar-refractivity contribution < 1.29 is 9.59 Å². The lowest BCUT2D eigenvalue weighted by molar-refractivity contribution is -0.129. The Balaban J connectivity index is 1.24. The lowest BCUT2D eigenvalue weighted by Crippen LogP contribution is -2.52. The summed E-state index contributed by atoms with van der Waals surface area (Å²) in [6.45, 7) is 11.7. The van der Waals surface area contributed by atoms with E-state index in [0.29, 0.717) is 25.6 Å². The van der Waals surface area contributed by atoms with Gasteiger partial charge in [0.15, 0.2) is 0 Å². The molecule has 0 spiro atoms. The zero-order valence-corrected chi connectivity index (χ0v) is 26.5. The van der Waals surface area contributed by atoms with Gasteiger partial charge in [-0.2, -0.15) is 0 Å². The lowest BCUT2D eigenvalue weighted by atomic mass is 9.93. The van der Waals surface area contributed by atoms with Gasteiger partial charge in [0.2, 0.25) is 11.8 Å². The van der Waals surface area contributed by atoms with E-state index in [-0.39, 0.29) is 11.8 Å². The van der Waals surface area contributed by atoms with Crippen LogP contribution in [-0.2, 0) is 41.8 Å². The zero-order valence-electron chi connectivity index (χ0n) is 26.5. The van der Waals surface area contributed by atoms with Gasteiger partial charge in [0.25, 0.3) is 0 Å². The number of aromatic nitrogens is 1. The van der Waals surface area contributed by atoms with E-state index in [1.54, 1.807) is 0 Å². The van der Waals surface area contributed by atoms with Crippen LogP contribution in [0.1, 0.15) is 80.7 Å². The van der Waals surface area contributed by atoms with Gasteiger partial charge in [-0.3, -0.25) is 14.5 Å². The molecule has 2 amide bonds. The summed E-state index contributed by atoms with van der Waals surface area (Å²) in [6, 6.07) is 12.6. The minimum absolute atomic E-state index is 0.0785. The average Bonchev–Trinajstić information content (AvgIpc) is 3.46. The molecule has 5 rings (SSSR count). The van der Waals surface area contributed by atoms with Crippen molar-refractivity contribution in [2.24, 2.45) is 0 Å². The smallest absolute Gasteiger partial charge is 0.243 e. The van der Waals surface area contributed by atoms with Crippen LogP contribution in [0.5, 0.6) is 0 Å². The molecule has 43 heavy (non-hydrogen) atoms. The molecule has 1 atom stereocenters. The molecule has 0 aliphatic carbocycles. The van der Waals surface area contributed by atoms with Crippen LogP contribution in [0.4, 0.5) is 0 Å². The van der Waals surface area contributed by atoms with E-state index in [0.717, 1.165) is 67.2 Å². The first-order chi connectivity index (χ1) is 21.0. The van der Waals surface area contributed by atoms with Gasteiger partial charge in [0.05, 0.1) is 6.54 Å². The number of piperidine rings is 2. The number of hydrogen-bond donors (Lipinski definition) is 3. The number of para-hydroxylation sites is 1. The molecule has 3 heterocycles.